The number of fused-ring (bicyclic) bond motifs is 5. The van der Waals surface area contributed by atoms with E-state index in [-0.39, 0.29) is 12.1 Å². The van der Waals surface area contributed by atoms with Crippen molar-refractivity contribution >= 4 is 21.9 Å². The Kier molecular flexibility index (Phi) is 8.09. The summed E-state index contributed by atoms with van der Waals surface area (Å²) in [7, 11) is 0. The summed E-state index contributed by atoms with van der Waals surface area (Å²) in [6.45, 7) is 12.6. The van der Waals surface area contributed by atoms with Gasteiger partial charge in [0.2, 0.25) is 0 Å². The van der Waals surface area contributed by atoms with E-state index in [4.69, 9.17) is 4.74 Å². The zero-order valence-electron chi connectivity index (χ0n) is 22.0. The van der Waals surface area contributed by atoms with Gasteiger partial charge in [-0.2, -0.15) is 0 Å². The van der Waals surface area contributed by atoms with Crippen molar-refractivity contribution in [2.45, 2.75) is 118 Å². The number of rotatable bonds is 8. The number of alkyl halides is 1. The summed E-state index contributed by atoms with van der Waals surface area (Å²) in [6, 6.07) is 0. The summed E-state index contributed by atoms with van der Waals surface area (Å²) in [4.78, 5) is 12.1. The minimum atomic E-state index is -0.0392. The molecule has 188 valence electrons. The van der Waals surface area contributed by atoms with Gasteiger partial charge in [0, 0.05) is 11.8 Å². The molecule has 0 spiro atoms. The van der Waals surface area contributed by atoms with Crippen LogP contribution in [0.4, 0.5) is 0 Å². The first-order chi connectivity index (χ1) is 15.7. The third kappa shape index (κ3) is 5.01. The standard InChI is InChI=1S/C30H49BrO2/c1-20(2)7-6-8-21(3)25-11-12-26-24-10-9-22-19-23(33-28(32)15-18-31)13-16-29(22,4)27(24)14-17-30(25,26)5/h9,20-21,23-27H,6-8,10-19H2,1-5H3/t21-,23-,24-,25+,26-,27-,29-,30+/m0/s1. The van der Waals surface area contributed by atoms with Crippen LogP contribution in [-0.4, -0.2) is 17.4 Å². The number of halogens is 1. The van der Waals surface area contributed by atoms with Crippen molar-refractivity contribution in [1.82, 2.24) is 0 Å². The maximum absolute atomic E-state index is 12.1. The first kappa shape index (κ1) is 25.8. The molecule has 2 nitrogen and oxygen atoms in total. The Morgan fingerprint density at radius 2 is 1.88 bits per heavy atom. The van der Waals surface area contributed by atoms with Crippen LogP contribution in [0.2, 0.25) is 0 Å². The number of carbonyl (C=O) groups is 1. The average Bonchev–Trinajstić information content (AvgIpc) is 3.11. The van der Waals surface area contributed by atoms with Gasteiger partial charge in [0.05, 0.1) is 6.42 Å². The molecule has 0 radical (unpaired) electrons. The van der Waals surface area contributed by atoms with Gasteiger partial charge in [-0.05, 0) is 91.3 Å². The van der Waals surface area contributed by atoms with Gasteiger partial charge in [0.15, 0.2) is 0 Å². The number of ether oxygens (including phenoxy) is 1. The van der Waals surface area contributed by atoms with E-state index in [1.54, 1.807) is 5.57 Å². The van der Waals surface area contributed by atoms with Gasteiger partial charge >= 0.3 is 5.97 Å². The van der Waals surface area contributed by atoms with Crippen molar-refractivity contribution in [1.29, 1.82) is 0 Å². The van der Waals surface area contributed by atoms with Crippen molar-refractivity contribution in [3.63, 3.8) is 0 Å². The van der Waals surface area contributed by atoms with E-state index < -0.39 is 0 Å². The smallest absolute Gasteiger partial charge is 0.306 e. The van der Waals surface area contributed by atoms with Gasteiger partial charge < -0.3 is 4.74 Å². The maximum atomic E-state index is 12.1. The van der Waals surface area contributed by atoms with E-state index in [1.165, 1.54) is 57.8 Å². The van der Waals surface area contributed by atoms with Gasteiger partial charge in [-0.3, -0.25) is 4.79 Å². The molecule has 0 bridgehead atoms. The molecular formula is C30H49BrO2. The molecule has 3 fully saturated rings. The lowest BCUT2D eigenvalue weighted by Crippen LogP contribution is -2.51. The summed E-state index contributed by atoms with van der Waals surface area (Å²) in [5, 5.41) is 0.695. The van der Waals surface area contributed by atoms with Crippen LogP contribution >= 0.6 is 15.9 Å². The number of carbonyl (C=O) groups excluding carboxylic acids is 1. The molecule has 8 atom stereocenters. The van der Waals surface area contributed by atoms with Gasteiger partial charge in [-0.15, -0.1) is 0 Å². The third-order valence-electron chi connectivity index (χ3n) is 10.9. The lowest BCUT2D eigenvalue weighted by Gasteiger charge is -2.58. The topological polar surface area (TPSA) is 26.3 Å². The summed E-state index contributed by atoms with van der Waals surface area (Å²) >= 11 is 3.36. The fraction of sp³-hybridized carbons (Fsp3) is 0.900. The summed E-state index contributed by atoms with van der Waals surface area (Å²) in [5.41, 5.74) is 2.51. The van der Waals surface area contributed by atoms with Crippen molar-refractivity contribution in [3.05, 3.63) is 11.6 Å². The van der Waals surface area contributed by atoms with E-state index >= 15 is 0 Å². The van der Waals surface area contributed by atoms with Crippen molar-refractivity contribution in [2.75, 3.05) is 5.33 Å². The highest BCUT2D eigenvalue weighted by Crippen LogP contribution is 2.67. The number of esters is 1. The summed E-state index contributed by atoms with van der Waals surface area (Å²) in [6.07, 6.45) is 17.7. The maximum Gasteiger partial charge on any atom is 0.306 e. The Hall–Kier alpha value is -0.310. The highest BCUT2D eigenvalue weighted by molar-refractivity contribution is 9.09. The van der Waals surface area contributed by atoms with Gasteiger partial charge in [0.1, 0.15) is 6.10 Å². The predicted octanol–water partition coefficient (Wildman–Crippen LogP) is 8.72. The summed E-state index contributed by atoms with van der Waals surface area (Å²) < 4.78 is 5.82. The lowest BCUT2D eigenvalue weighted by atomic mass is 9.47. The first-order valence-corrected chi connectivity index (χ1v) is 15.3. The molecule has 3 heteroatoms. The molecule has 4 aliphatic rings. The average molecular weight is 522 g/mol. The van der Waals surface area contributed by atoms with Crippen LogP contribution in [0.25, 0.3) is 0 Å². The van der Waals surface area contributed by atoms with E-state index in [0.717, 1.165) is 48.3 Å². The second-order valence-electron chi connectivity index (χ2n) is 13.1. The van der Waals surface area contributed by atoms with Crippen molar-refractivity contribution in [2.24, 2.45) is 46.3 Å². The fourth-order valence-corrected chi connectivity index (χ4v) is 9.40. The normalized spacial score (nSPS) is 41.1. The van der Waals surface area contributed by atoms with Crippen LogP contribution in [0.5, 0.6) is 0 Å². The minimum Gasteiger partial charge on any atom is -0.462 e. The van der Waals surface area contributed by atoms with E-state index in [9.17, 15) is 4.79 Å². The predicted molar refractivity (Wildman–Crippen MR) is 141 cm³/mol. The fourth-order valence-electron chi connectivity index (χ4n) is 9.07. The lowest BCUT2D eigenvalue weighted by molar-refractivity contribution is -0.151. The molecule has 4 aliphatic carbocycles. The zero-order chi connectivity index (χ0) is 23.8. The molecule has 0 unspecified atom stereocenters. The van der Waals surface area contributed by atoms with Crippen LogP contribution in [0, 0.1) is 46.3 Å². The SMILES string of the molecule is CC(C)CCC[C@H](C)[C@H]1CC[C@H]2[C@@H]3CC=C4C[C@@H](OC(=O)CCBr)CC[C@]4(C)[C@H]3CC[C@]12C. The third-order valence-corrected chi connectivity index (χ3v) is 11.3. The second-order valence-corrected chi connectivity index (χ2v) is 13.9. The van der Waals surface area contributed by atoms with E-state index in [1.807, 2.05) is 0 Å². The molecule has 0 heterocycles. The van der Waals surface area contributed by atoms with E-state index in [2.05, 4.69) is 56.6 Å². The van der Waals surface area contributed by atoms with Crippen molar-refractivity contribution in [3.8, 4) is 0 Å². The minimum absolute atomic E-state index is 0.0392. The van der Waals surface area contributed by atoms with Crippen LogP contribution in [-0.2, 0) is 9.53 Å². The van der Waals surface area contributed by atoms with Crippen LogP contribution in [0.1, 0.15) is 112 Å². The van der Waals surface area contributed by atoms with Gasteiger partial charge in [-0.1, -0.05) is 81.5 Å². The molecule has 0 amide bonds. The Balaban J connectivity index is 1.43. The molecule has 0 aromatic heterocycles. The van der Waals surface area contributed by atoms with E-state index in [0.29, 0.717) is 22.6 Å². The van der Waals surface area contributed by atoms with Crippen LogP contribution in [0.15, 0.2) is 11.6 Å². The largest absolute Gasteiger partial charge is 0.462 e. The van der Waals surface area contributed by atoms with Crippen LogP contribution in [0.3, 0.4) is 0 Å². The zero-order valence-corrected chi connectivity index (χ0v) is 23.6. The molecule has 3 saturated carbocycles. The quantitative estimate of drug-likeness (QED) is 0.181. The molecule has 0 aromatic carbocycles. The summed E-state index contributed by atoms with van der Waals surface area (Å²) in [5.74, 6) is 5.23. The highest BCUT2D eigenvalue weighted by atomic mass is 79.9. The number of hydrogen-bond donors (Lipinski definition) is 0. The Labute approximate surface area is 212 Å². The van der Waals surface area contributed by atoms with Crippen molar-refractivity contribution < 1.29 is 9.53 Å². The molecule has 0 N–H and O–H groups in total. The van der Waals surface area contributed by atoms with Gasteiger partial charge in [-0.25, -0.2) is 0 Å². The highest BCUT2D eigenvalue weighted by Gasteiger charge is 2.59. The monoisotopic (exact) mass is 520 g/mol. The second kappa shape index (κ2) is 10.4. The van der Waals surface area contributed by atoms with Crippen LogP contribution < -0.4 is 0 Å². The molecule has 0 aromatic rings. The molecule has 33 heavy (non-hydrogen) atoms. The molecule has 4 rings (SSSR count). The molecule has 0 saturated heterocycles. The Morgan fingerprint density at radius 1 is 1.09 bits per heavy atom. The Morgan fingerprint density at radius 3 is 2.61 bits per heavy atom. The molecule has 0 aliphatic heterocycles. The molecular weight excluding hydrogens is 472 g/mol. The number of hydrogen-bond acceptors (Lipinski definition) is 2. The first-order valence-electron chi connectivity index (χ1n) is 14.1. The van der Waals surface area contributed by atoms with Gasteiger partial charge in [0.25, 0.3) is 0 Å². The number of allylic oxidation sites excluding steroid dienone is 1. The Bertz CT molecular complexity index is 729.